The molecule has 88 valence electrons. The molecule has 1 N–H and O–H groups in total. The molecule has 0 atom stereocenters. The summed E-state index contributed by atoms with van der Waals surface area (Å²) in [4.78, 5) is 18.7. The van der Waals surface area contributed by atoms with Crippen LogP contribution >= 0.6 is 11.8 Å². The first-order valence-corrected chi connectivity index (χ1v) is 5.80. The molecule has 0 fully saturated rings. The minimum Gasteiger partial charge on any atom is -0.481 e. The zero-order valence-electron chi connectivity index (χ0n) is 9.07. The molecule has 2 aromatic rings. The van der Waals surface area contributed by atoms with Gasteiger partial charge in [-0.25, -0.2) is 9.97 Å². The summed E-state index contributed by atoms with van der Waals surface area (Å²) >= 11 is 1.10. The molecule has 0 radical (unpaired) electrons. The van der Waals surface area contributed by atoms with E-state index in [1.165, 1.54) is 0 Å². The molecule has 17 heavy (non-hydrogen) atoms. The van der Waals surface area contributed by atoms with Gasteiger partial charge in [0.2, 0.25) is 0 Å². The van der Waals surface area contributed by atoms with Gasteiger partial charge < -0.3 is 5.11 Å². The molecule has 2 rings (SSSR count). The molecule has 6 nitrogen and oxygen atoms in total. The molecule has 0 unspecified atom stereocenters. The minimum absolute atomic E-state index is 0.0451. The highest BCUT2D eigenvalue weighted by molar-refractivity contribution is 7.99. The van der Waals surface area contributed by atoms with Crippen LogP contribution in [0.3, 0.4) is 0 Å². The van der Waals surface area contributed by atoms with Gasteiger partial charge in [-0.2, -0.15) is 5.10 Å². The molecule has 0 spiro atoms. The van der Waals surface area contributed by atoms with Gasteiger partial charge in [-0.05, 0) is 6.07 Å². The maximum absolute atomic E-state index is 10.4. The number of nitrogens with zero attached hydrogens (tertiary/aromatic N) is 4. The number of carbonyl (C=O) groups is 1. The van der Waals surface area contributed by atoms with Gasteiger partial charge in [-0.3, -0.25) is 9.48 Å². The molecule has 2 aromatic heterocycles. The Hall–Kier alpha value is -1.89. The SMILES string of the molecule is Cn1cc(-c2ccnc(SCC(=O)O)n2)cn1. The zero-order valence-corrected chi connectivity index (χ0v) is 9.89. The molecular formula is C10H10N4O2S. The molecule has 0 aliphatic carbocycles. The molecule has 0 saturated heterocycles. The Morgan fingerprint density at radius 3 is 3.06 bits per heavy atom. The summed E-state index contributed by atoms with van der Waals surface area (Å²) in [6, 6.07) is 1.77. The third kappa shape index (κ3) is 3.04. The number of rotatable bonds is 4. The molecule has 0 saturated carbocycles. The van der Waals surface area contributed by atoms with Gasteiger partial charge in [0.1, 0.15) is 0 Å². The fraction of sp³-hybridized carbons (Fsp3) is 0.200. The topological polar surface area (TPSA) is 80.9 Å². The smallest absolute Gasteiger partial charge is 0.313 e. The van der Waals surface area contributed by atoms with Crippen molar-refractivity contribution in [1.29, 1.82) is 0 Å². The van der Waals surface area contributed by atoms with Crippen molar-refractivity contribution in [1.82, 2.24) is 19.7 Å². The number of carboxylic acids is 1. The average molecular weight is 250 g/mol. The molecule has 0 amide bonds. The van der Waals surface area contributed by atoms with Crippen LogP contribution in [0, 0.1) is 0 Å². The van der Waals surface area contributed by atoms with Crippen LogP contribution in [0.5, 0.6) is 0 Å². The van der Waals surface area contributed by atoms with Gasteiger partial charge in [-0.15, -0.1) is 0 Å². The predicted molar refractivity (Wildman–Crippen MR) is 62.6 cm³/mol. The lowest BCUT2D eigenvalue weighted by atomic mass is 10.2. The van der Waals surface area contributed by atoms with E-state index >= 15 is 0 Å². The molecule has 7 heteroatoms. The van der Waals surface area contributed by atoms with Crippen LogP contribution < -0.4 is 0 Å². The Balaban J connectivity index is 2.19. The summed E-state index contributed by atoms with van der Waals surface area (Å²) in [6.45, 7) is 0. The first-order valence-electron chi connectivity index (χ1n) is 4.82. The first-order chi connectivity index (χ1) is 8.15. The number of aryl methyl sites for hydroxylation is 1. The summed E-state index contributed by atoms with van der Waals surface area (Å²) in [6.07, 6.45) is 5.15. The summed E-state index contributed by atoms with van der Waals surface area (Å²) < 4.78 is 1.68. The summed E-state index contributed by atoms with van der Waals surface area (Å²) in [5.41, 5.74) is 1.62. The van der Waals surface area contributed by atoms with Crippen LogP contribution in [0.25, 0.3) is 11.3 Å². The monoisotopic (exact) mass is 250 g/mol. The second-order valence-electron chi connectivity index (χ2n) is 3.31. The van der Waals surface area contributed by atoms with E-state index in [0.717, 1.165) is 23.0 Å². The Morgan fingerprint density at radius 2 is 2.41 bits per heavy atom. The summed E-state index contributed by atoms with van der Waals surface area (Å²) in [5, 5.41) is 13.1. The lowest BCUT2D eigenvalue weighted by molar-refractivity contribution is -0.133. The van der Waals surface area contributed by atoms with Crippen molar-refractivity contribution in [2.24, 2.45) is 7.05 Å². The number of thioether (sulfide) groups is 1. The highest BCUT2D eigenvalue weighted by Gasteiger charge is 2.06. The van der Waals surface area contributed by atoms with Crippen LogP contribution in [-0.4, -0.2) is 36.6 Å². The Morgan fingerprint density at radius 1 is 1.59 bits per heavy atom. The van der Waals surface area contributed by atoms with Gasteiger partial charge >= 0.3 is 5.97 Å². The molecule has 0 aliphatic rings. The normalized spacial score (nSPS) is 10.4. The van der Waals surface area contributed by atoms with Gasteiger partial charge in [0.15, 0.2) is 5.16 Å². The van der Waals surface area contributed by atoms with E-state index in [9.17, 15) is 4.79 Å². The zero-order chi connectivity index (χ0) is 12.3. The maximum Gasteiger partial charge on any atom is 0.313 e. The Labute approximate surface area is 102 Å². The van der Waals surface area contributed by atoms with E-state index in [-0.39, 0.29) is 5.75 Å². The highest BCUT2D eigenvalue weighted by Crippen LogP contribution is 2.19. The minimum atomic E-state index is -0.884. The Bertz CT molecular complexity index is 541. The van der Waals surface area contributed by atoms with E-state index in [0.29, 0.717) is 5.16 Å². The lowest BCUT2D eigenvalue weighted by Crippen LogP contribution is -1.99. The van der Waals surface area contributed by atoms with Crippen LogP contribution in [0.4, 0.5) is 0 Å². The van der Waals surface area contributed by atoms with Crippen molar-refractivity contribution in [2.75, 3.05) is 5.75 Å². The lowest BCUT2D eigenvalue weighted by Gasteiger charge is -1.99. The number of carboxylic acid groups (broad SMARTS) is 1. The standard InChI is InChI=1S/C10H10N4O2S/c1-14-5-7(4-12-14)8-2-3-11-10(13-8)17-6-9(15)16/h2-5H,6H2,1H3,(H,15,16). The van der Waals surface area contributed by atoms with Crippen LogP contribution in [0.1, 0.15) is 0 Å². The quantitative estimate of drug-likeness (QED) is 0.645. The highest BCUT2D eigenvalue weighted by atomic mass is 32.2. The van der Waals surface area contributed by atoms with Crippen molar-refractivity contribution in [3.63, 3.8) is 0 Å². The molecule has 0 aliphatic heterocycles. The number of aliphatic carboxylic acids is 1. The van der Waals surface area contributed by atoms with Crippen LogP contribution in [0.15, 0.2) is 29.8 Å². The molecule has 0 aromatic carbocycles. The molecule has 2 heterocycles. The van der Waals surface area contributed by atoms with Crippen molar-refractivity contribution in [3.8, 4) is 11.3 Å². The van der Waals surface area contributed by atoms with Crippen LogP contribution in [-0.2, 0) is 11.8 Å². The number of hydrogen-bond acceptors (Lipinski definition) is 5. The van der Waals surface area contributed by atoms with Crippen molar-refractivity contribution in [3.05, 3.63) is 24.7 Å². The van der Waals surface area contributed by atoms with Crippen molar-refractivity contribution >= 4 is 17.7 Å². The third-order valence-electron chi connectivity index (χ3n) is 1.96. The van der Waals surface area contributed by atoms with Crippen molar-refractivity contribution in [2.45, 2.75) is 5.16 Å². The fourth-order valence-electron chi connectivity index (χ4n) is 1.25. The summed E-state index contributed by atoms with van der Waals surface area (Å²) in [7, 11) is 1.82. The maximum atomic E-state index is 10.4. The Kier molecular flexibility index (Phi) is 3.38. The van der Waals surface area contributed by atoms with E-state index in [1.807, 2.05) is 13.2 Å². The van der Waals surface area contributed by atoms with Crippen molar-refractivity contribution < 1.29 is 9.90 Å². The predicted octanol–water partition coefficient (Wildman–Crippen LogP) is 1.05. The van der Waals surface area contributed by atoms with E-state index in [2.05, 4.69) is 15.1 Å². The third-order valence-corrected chi connectivity index (χ3v) is 2.81. The number of aromatic nitrogens is 4. The van der Waals surface area contributed by atoms with Gasteiger partial charge in [0.05, 0.1) is 17.6 Å². The van der Waals surface area contributed by atoms with E-state index in [4.69, 9.17) is 5.11 Å². The molecule has 0 bridgehead atoms. The number of hydrogen-bond donors (Lipinski definition) is 1. The summed E-state index contributed by atoms with van der Waals surface area (Å²) in [5.74, 6) is -0.929. The first kappa shape index (κ1) is 11.6. The van der Waals surface area contributed by atoms with E-state index in [1.54, 1.807) is 23.1 Å². The van der Waals surface area contributed by atoms with Gasteiger partial charge in [-0.1, -0.05) is 11.8 Å². The second kappa shape index (κ2) is 4.96. The van der Waals surface area contributed by atoms with E-state index < -0.39 is 5.97 Å². The molecular weight excluding hydrogens is 240 g/mol. The van der Waals surface area contributed by atoms with Gasteiger partial charge in [0.25, 0.3) is 0 Å². The van der Waals surface area contributed by atoms with Crippen LogP contribution in [0.2, 0.25) is 0 Å². The largest absolute Gasteiger partial charge is 0.481 e. The average Bonchev–Trinajstić information content (AvgIpc) is 2.74. The second-order valence-corrected chi connectivity index (χ2v) is 4.25. The fourth-order valence-corrected chi connectivity index (χ4v) is 1.80. The van der Waals surface area contributed by atoms with Gasteiger partial charge in [0, 0.05) is 25.0 Å².